The molecule has 0 saturated carbocycles. The van der Waals surface area contributed by atoms with E-state index >= 15 is 0 Å². The van der Waals surface area contributed by atoms with Crippen LogP contribution in [0.25, 0.3) is 10.6 Å². The first kappa shape index (κ1) is 20.5. The molecule has 2 aromatic carbocycles. The summed E-state index contributed by atoms with van der Waals surface area (Å²) in [7, 11) is 2.17. The molecule has 4 rings (SSSR count). The molecule has 2 heterocycles. The molecular formula is C23H26N4O2S. The number of carbonyl (C=O) groups is 1. The summed E-state index contributed by atoms with van der Waals surface area (Å²) >= 11 is 1.41. The van der Waals surface area contributed by atoms with Gasteiger partial charge >= 0.3 is 0 Å². The second-order valence-corrected chi connectivity index (χ2v) is 8.49. The average Bonchev–Trinajstić information content (AvgIpc) is 3.25. The summed E-state index contributed by atoms with van der Waals surface area (Å²) in [5.74, 6) is -0.0123. The molecule has 156 valence electrons. The fourth-order valence-corrected chi connectivity index (χ4v) is 4.23. The van der Waals surface area contributed by atoms with E-state index in [1.54, 1.807) is 29.6 Å². The van der Waals surface area contributed by atoms with Gasteiger partial charge in [0.1, 0.15) is 16.5 Å². The Morgan fingerprint density at radius 1 is 1.07 bits per heavy atom. The number of aromatic hydroxyl groups is 1. The average molecular weight is 423 g/mol. The number of phenolic OH excluding ortho intramolecular Hbond substituents is 1. The number of benzene rings is 2. The molecule has 1 saturated heterocycles. The minimum absolute atomic E-state index is 0.209. The van der Waals surface area contributed by atoms with Gasteiger partial charge in [-0.05, 0) is 55.4 Å². The van der Waals surface area contributed by atoms with Crippen molar-refractivity contribution in [3.8, 4) is 16.3 Å². The van der Waals surface area contributed by atoms with Crippen LogP contribution in [0.1, 0.15) is 16.1 Å². The molecule has 0 atom stereocenters. The van der Waals surface area contributed by atoms with Gasteiger partial charge in [0, 0.05) is 49.4 Å². The highest BCUT2D eigenvalue weighted by Gasteiger charge is 2.14. The van der Waals surface area contributed by atoms with Crippen LogP contribution in [0, 0.1) is 0 Å². The minimum Gasteiger partial charge on any atom is -0.508 e. The number of aromatic nitrogens is 1. The molecule has 2 N–H and O–H groups in total. The molecule has 6 nitrogen and oxygen atoms in total. The second-order valence-electron chi connectivity index (χ2n) is 7.63. The highest BCUT2D eigenvalue weighted by Crippen LogP contribution is 2.25. The molecule has 7 heteroatoms. The van der Waals surface area contributed by atoms with Crippen LogP contribution in [0.3, 0.4) is 0 Å². The Balaban J connectivity index is 1.31. The largest absolute Gasteiger partial charge is 0.508 e. The molecule has 0 radical (unpaired) electrons. The molecule has 1 aliphatic rings. The predicted molar refractivity (Wildman–Crippen MR) is 121 cm³/mol. The van der Waals surface area contributed by atoms with Gasteiger partial charge in [-0.3, -0.25) is 4.79 Å². The van der Waals surface area contributed by atoms with Gasteiger partial charge in [0.05, 0.1) is 0 Å². The van der Waals surface area contributed by atoms with Crippen LogP contribution < -0.4 is 5.32 Å². The number of nitrogens with zero attached hydrogens (tertiary/aromatic N) is 3. The number of likely N-dealkylation sites (N-methyl/N-ethyl adjacent to an activating group) is 1. The molecule has 0 spiro atoms. The lowest BCUT2D eigenvalue weighted by molar-refractivity contribution is 0.102. The molecule has 1 aromatic heterocycles. The van der Waals surface area contributed by atoms with Crippen molar-refractivity contribution in [2.75, 3.05) is 45.1 Å². The Kier molecular flexibility index (Phi) is 6.42. The van der Waals surface area contributed by atoms with Crippen molar-refractivity contribution in [1.82, 2.24) is 14.8 Å². The summed E-state index contributed by atoms with van der Waals surface area (Å²) in [5.41, 5.74) is 3.31. The zero-order valence-electron chi connectivity index (χ0n) is 17.0. The lowest BCUT2D eigenvalue weighted by Crippen LogP contribution is -2.45. The number of rotatable bonds is 6. The van der Waals surface area contributed by atoms with Gasteiger partial charge in [-0.1, -0.05) is 12.1 Å². The first-order valence-electron chi connectivity index (χ1n) is 10.1. The summed E-state index contributed by atoms with van der Waals surface area (Å²) < 4.78 is 0. The molecule has 30 heavy (non-hydrogen) atoms. The van der Waals surface area contributed by atoms with Gasteiger partial charge < -0.3 is 20.2 Å². The van der Waals surface area contributed by atoms with Crippen LogP contribution in [-0.2, 0) is 6.42 Å². The number of hydrogen-bond acceptors (Lipinski definition) is 6. The summed E-state index contributed by atoms with van der Waals surface area (Å²) in [4.78, 5) is 21.8. The van der Waals surface area contributed by atoms with Crippen LogP contribution in [-0.4, -0.2) is 65.6 Å². The zero-order chi connectivity index (χ0) is 20.9. The Labute approximate surface area is 180 Å². The second kappa shape index (κ2) is 9.38. The van der Waals surface area contributed by atoms with Gasteiger partial charge in [0.2, 0.25) is 0 Å². The first-order valence-corrected chi connectivity index (χ1v) is 11.0. The molecule has 1 amide bonds. The maximum absolute atomic E-state index is 12.5. The van der Waals surface area contributed by atoms with Crippen molar-refractivity contribution in [2.45, 2.75) is 6.42 Å². The fourth-order valence-electron chi connectivity index (χ4n) is 3.42. The monoisotopic (exact) mass is 422 g/mol. The SMILES string of the molecule is CN1CCN(CCc2ccc(NC(=O)c3csc(-c4ccc(O)cc4)n3)cc2)CC1. The number of thiazole rings is 1. The van der Waals surface area contributed by atoms with E-state index in [1.165, 1.54) is 16.9 Å². The Morgan fingerprint density at radius 3 is 2.47 bits per heavy atom. The van der Waals surface area contributed by atoms with E-state index in [2.05, 4.69) is 39.3 Å². The van der Waals surface area contributed by atoms with Gasteiger partial charge in [-0.15, -0.1) is 11.3 Å². The Morgan fingerprint density at radius 2 is 1.77 bits per heavy atom. The summed E-state index contributed by atoms with van der Waals surface area (Å²) in [5, 5.41) is 14.8. The van der Waals surface area contributed by atoms with E-state index in [4.69, 9.17) is 0 Å². The number of piperazine rings is 1. The van der Waals surface area contributed by atoms with Crippen molar-refractivity contribution in [3.63, 3.8) is 0 Å². The molecule has 1 fully saturated rings. The van der Waals surface area contributed by atoms with Gasteiger partial charge in [-0.25, -0.2) is 4.98 Å². The van der Waals surface area contributed by atoms with Crippen LogP contribution in [0.4, 0.5) is 5.69 Å². The molecule has 3 aromatic rings. The lowest BCUT2D eigenvalue weighted by Gasteiger charge is -2.32. The summed E-state index contributed by atoms with van der Waals surface area (Å²) in [6, 6.07) is 14.9. The Bertz CT molecular complexity index is 977. The van der Waals surface area contributed by atoms with E-state index in [9.17, 15) is 9.90 Å². The number of hydrogen-bond donors (Lipinski definition) is 2. The third-order valence-corrected chi connectivity index (χ3v) is 6.27. The van der Waals surface area contributed by atoms with E-state index in [1.807, 2.05) is 12.1 Å². The van der Waals surface area contributed by atoms with Crippen molar-refractivity contribution < 1.29 is 9.90 Å². The minimum atomic E-state index is -0.221. The number of amides is 1. The van der Waals surface area contributed by atoms with Crippen LogP contribution in [0.5, 0.6) is 5.75 Å². The highest BCUT2D eigenvalue weighted by atomic mass is 32.1. The van der Waals surface area contributed by atoms with Crippen LogP contribution in [0.15, 0.2) is 53.9 Å². The maximum atomic E-state index is 12.5. The van der Waals surface area contributed by atoms with Crippen LogP contribution >= 0.6 is 11.3 Å². The Hall–Kier alpha value is -2.74. The molecular weight excluding hydrogens is 396 g/mol. The van der Waals surface area contributed by atoms with Crippen LogP contribution in [0.2, 0.25) is 0 Å². The summed E-state index contributed by atoms with van der Waals surface area (Å²) in [6.45, 7) is 5.60. The predicted octanol–water partition coefficient (Wildman–Crippen LogP) is 3.56. The molecule has 0 unspecified atom stereocenters. The number of nitrogens with one attached hydrogen (secondary N) is 1. The zero-order valence-corrected chi connectivity index (χ0v) is 17.9. The first-order chi connectivity index (χ1) is 14.6. The summed E-state index contributed by atoms with van der Waals surface area (Å²) in [6.07, 6.45) is 1.01. The quantitative estimate of drug-likeness (QED) is 0.636. The third-order valence-electron chi connectivity index (χ3n) is 5.38. The topological polar surface area (TPSA) is 68.7 Å². The normalized spacial score (nSPS) is 15.2. The van der Waals surface area contributed by atoms with Crippen molar-refractivity contribution in [1.29, 1.82) is 0 Å². The molecule has 1 aliphatic heterocycles. The highest BCUT2D eigenvalue weighted by molar-refractivity contribution is 7.13. The maximum Gasteiger partial charge on any atom is 0.275 e. The lowest BCUT2D eigenvalue weighted by atomic mass is 10.1. The van der Waals surface area contributed by atoms with Gasteiger partial charge in [0.15, 0.2) is 0 Å². The van der Waals surface area contributed by atoms with E-state index in [-0.39, 0.29) is 11.7 Å². The van der Waals surface area contributed by atoms with E-state index < -0.39 is 0 Å². The van der Waals surface area contributed by atoms with Gasteiger partial charge in [-0.2, -0.15) is 0 Å². The number of anilines is 1. The van der Waals surface area contributed by atoms with Gasteiger partial charge in [0.25, 0.3) is 5.91 Å². The number of phenols is 1. The van der Waals surface area contributed by atoms with E-state index in [0.717, 1.165) is 55.4 Å². The van der Waals surface area contributed by atoms with Crippen molar-refractivity contribution in [2.24, 2.45) is 0 Å². The number of carbonyl (C=O) groups excluding carboxylic acids is 1. The third kappa shape index (κ3) is 5.24. The standard InChI is InChI=1S/C23H26N4O2S/c1-26-12-14-27(15-13-26)11-10-17-2-6-19(7-3-17)24-22(29)21-16-30-23(25-21)18-4-8-20(28)9-5-18/h2-9,16,28H,10-15H2,1H3,(H,24,29). The molecule has 0 aliphatic carbocycles. The van der Waals surface area contributed by atoms with E-state index in [0.29, 0.717) is 5.69 Å². The van der Waals surface area contributed by atoms with Crippen molar-refractivity contribution in [3.05, 3.63) is 65.2 Å². The molecule has 0 bridgehead atoms. The smallest absolute Gasteiger partial charge is 0.275 e. The fraction of sp³-hybridized carbons (Fsp3) is 0.304. The van der Waals surface area contributed by atoms with Crippen molar-refractivity contribution >= 4 is 22.9 Å².